The number of ether oxygens (including phenoxy) is 2. The number of carbonyl (C=O) groups excluding carboxylic acids is 1. The molecule has 0 aliphatic heterocycles. The monoisotopic (exact) mass is 377 g/mol. The van der Waals surface area contributed by atoms with E-state index in [1.807, 2.05) is 44.2 Å². The first kappa shape index (κ1) is 17.3. The minimum Gasteiger partial charge on any atom is -0.494 e. The molecule has 2 aromatic rings. The Balaban J connectivity index is 1.96. The summed E-state index contributed by atoms with van der Waals surface area (Å²) in [6.07, 6.45) is -0.610. The minimum atomic E-state index is -0.610. The molecule has 2 aromatic carbocycles. The molecule has 2 rings (SSSR count). The smallest absolute Gasteiger partial charge is 0.265 e. The summed E-state index contributed by atoms with van der Waals surface area (Å²) in [5, 5.41) is 2.85. The first-order chi connectivity index (χ1) is 11.0. The summed E-state index contributed by atoms with van der Waals surface area (Å²) in [5.74, 6) is 1.20. The molecule has 5 heteroatoms. The summed E-state index contributed by atoms with van der Waals surface area (Å²) in [4.78, 5) is 12.2. The van der Waals surface area contributed by atoms with Crippen LogP contribution in [0.5, 0.6) is 11.5 Å². The number of nitrogens with one attached hydrogen (secondary N) is 1. The molecule has 4 nitrogen and oxygen atoms in total. The molecule has 0 heterocycles. The highest BCUT2D eigenvalue weighted by molar-refractivity contribution is 9.10. The minimum absolute atomic E-state index is 0.205. The van der Waals surface area contributed by atoms with Crippen LogP contribution < -0.4 is 14.8 Å². The van der Waals surface area contributed by atoms with Crippen LogP contribution in [0.25, 0.3) is 0 Å². The number of halogens is 1. The molecule has 1 N–H and O–H groups in total. The van der Waals surface area contributed by atoms with Crippen LogP contribution in [0.3, 0.4) is 0 Å². The number of hydrogen-bond acceptors (Lipinski definition) is 3. The Hall–Kier alpha value is -2.01. The van der Waals surface area contributed by atoms with Crippen molar-refractivity contribution in [2.75, 3.05) is 11.9 Å². The maximum absolute atomic E-state index is 12.2. The maximum atomic E-state index is 12.2. The Morgan fingerprint density at radius 2 is 1.83 bits per heavy atom. The van der Waals surface area contributed by atoms with Crippen molar-refractivity contribution >= 4 is 27.5 Å². The summed E-state index contributed by atoms with van der Waals surface area (Å²) in [6, 6.07) is 13.0. The van der Waals surface area contributed by atoms with Crippen LogP contribution in [0, 0.1) is 6.92 Å². The fourth-order valence-electron chi connectivity index (χ4n) is 1.99. The number of rotatable bonds is 6. The van der Waals surface area contributed by atoms with Gasteiger partial charge in [-0.2, -0.15) is 0 Å². The normalized spacial score (nSPS) is 11.7. The van der Waals surface area contributed by atoms with Gasteiger partial charge in [-0.25, -0.2) is 0 Å². The SMILES string of the molecule is CCOc1ccc(OC(C)C(=O)Nc2ccc(C)cc2Br)cc1. The highest BCUT2D eigenvalue weighted by atomic mass is 79.9. The number of carbonyl (C=O) groups is 1. The van der Waals surface area contributed by atoms with Crippen molar-refractivity contribution in [3.8, 4) is 11.5 Å². The van der Waals surface area contributed by atoms with E-state index in [1.165, 1.54) is 0 Å². The van der Waals surface area contributed by atoms with Gasteiger partial charge in [0.1, 0.15) is 11.5 Å². The lowest BCUT2D eigenvalue weighted by Gasteiger charge is -2.16. The van der Waals surface area contributed by atoms with Gasteiger partial charge in [-0.3, -0.25) is 4.79 Å². The Morgan fingerprint density at radius 3 is 2.43 bits per heavy atom. The summed E-state index contributed by atoms with van der Waals surface area (Å²) >= 11 is 3.44. The molecule has 0 saturated heterocycles. The predicted octanol–water partition coefficient (Wildman–Crippen LogP) is 4.56. The third-order valence-corrected chi connectivity index (χ3v) is 3.86. The number of benzene rings is 2. The second-order valence-electron chi connectivity index (χ2n) is 5.14. The highest BCUT2D eigenvalue weighted by Gasteiger charge is 2.16. The molecule has 0 fully saturated rings. The summed E-state index contributed by atoms with van der Waals surface area (Å²) in [5.41, 5.74) is 1.84. The molecule has 0 radical (unpaired) electrons. The lowest BCUT2D eigenvalue weighted by molar-refractivity contribution is -0.122. The lowest BCUT2D eigenvalue weighted by Crippen LogP contribution is -2.30. The number of aryl methyl sites for hydroxylation is 1. The fraction of sp³-hybridized carbons (Fsp3) is 0.278. The van der Waals surface area contributed by atoms with E-state index >= 15 is 0 Å². The van der Waals surface area contributed by atoms with E-state index in [9.17, 15) is 4.79 Å². The average Bonchev–Trinajstić information content (AvgIpc) is 2.52. The van der Waals surface area contributed by atoms with Crippen molar-refractivity contribution in [2.45, 2.75) is 26.9 Å². The van der Waals surface area contributed by atoms with Crippen LogP contribution in [0.4, 0.5) is 5.69 Å². The molecule has 122 valence electrons. The molecule has 0 bridgehead atoms. The Morgan fingerprint density at radius 1 is 1.17 bits per heavy atom. The molecule has 1 unspecified atom stereocenters. The van der Waals surface area contributed by atoms with Crippen molar-refractivity contribution < 1.29 is 14.3 Å². The Labute approximate surface area is 144 Å². The predicted molar refractivity (Wildman–Crippen MR) is 95.2 cm³/mol. The molecule has 0 aromatic heterocycles. The second kappa shape index (κ2) is 8.02. The van der Waals surface area contributed by atoms with Crippen molar-refractivity contribution in [1.29, 1.82) is 0 Å². The van der Waals surface area contributed by atoms with Gasteiger partial charge in [0.25, 0.3) is 5.91 Å². The van der Waals surface area contributed by atoms with E-state index in [0.717, 1.165) is 21.5 Å². The first-order valence-corrected chi connectivity index (χ1v) is 8.25. The molecule has 0 spiro atoms. The molecular weight excluding hydrogens is 358 g/mol. The van der Waals surface area contributed by atoms with E-state index < -0.39 is 6.10 Å². The maximum Gasteiger partial charge on any atom is 0.265 e. The average molecular weight is 378 g/mol. The Bertz CT molecular complexity index is 670. The van der Waals surface area contributed by atoms with Crippen LogP contribution in [-0.4, -0.2) is 18.6 Å². The summed E-state index contributed by atoms with van der Waals surface area (Å²) < 4.78 is 11.9. The fourth-order valence-corrected chi connectivity index (χ4v) is 2.59. The van der Waals surface area contributed by atoms with Crippen LogP contribution in [-0.2, 0) is 4.79 Å². The van der Waals surface area contributed by atoms with E-state index in [1.54, 1.807) is 19.1 Å². The van der Waals surface area contributed by atoms with Crippen LogP contribution in [0.2, 0.25) is 0 Å². The van der Waals surface area contributed by atoms with Crippen LogP contribution >= 0.6 is 15.9 Å². The van der Waals surface area contributed by atoms with E-state index in [0.29, 0.717) is 12.4 Å². The number of anilines is 1. The zero-order valence-corrected chi connectivity index (χ0v) is 15.0. The molecule has 23 heavy (non-hydrogen) atoms. The quantitative estimate of drug-likeness (QED) is 0.802. The van der Waals surface area contributed by atoms with Gasteiger partial charge in [-0.15, -0.1) is 0 Å². The molecule has 1 amide bonds. The third kappa shape index (κ3) is 4.99. The van der Waals surface area contributed by atoms with Gasteiger partial charge >= 0.3 is 0 Å². The molecule has 0 saturated carbocycles. The van der Waals surface area contributed by atoms with Crippen molar-refractivity contribution in [1.82, 2.24) is 0 Å². The van der Waals surface area contributed by atoms with Gasteiger partial charge < -0.3 is 14.8 Å². The highest BCUT2D eigenvalue weighted by Crippen LogP contribution is 2.24. The van der Waals surface area contributed by atoms with Gasteiger partial charge in [0.2, 0.25) is 0 Å². The zero-order valence-electron chi connectivity index (χ0n) is 13.4. The molecule has 1 atom stereocenters. The van der Waals surface area contributed by atoms with Gasteiger partial charge in [0.05, 0.1) is 12.3 Å². The molecule has 0 aliphatic rings. The van der Waals surface area contributed by atoms with E-state index in [-0.39, 0.29) is 5.91 Å². The largest absolute Gasteiger partial charge is 0.494 e. The lowest BCUT2D eigenvalue weighted by atomic mass is 10.2. The van der Waals surface area contributed by atoms with Gasteiger partial charge in [0, 0.05) is 4.47 Å². The summed E-state index contributed by atoms with van der Waals surface area (Å²) in [6.45, 7) is 6.26. The standard InChI is InChI=1S/C18H20BrNO3/c1-4-22-14-6-8-15(9-7-14)23-13(3)18(21)20-17-10-5-12(2)11-16(17)19/h5-11,13H,4H2,1-3H3,(H,20,21). The summed E-state index contributed by atoms with van der Waals surface area (Å²) in [7, 11) is 0. The third-order valence-electron chi connectivity index (χ3n) is 3.20. The topological polar surface area (TPSA) is 47.6 Å². The molecular formula is C18H20BrNO3. The van der Waals surface area contributed by atoms with Crippen LogP contribution in [0.1, 0.15) is 19.4 Å². The second-order valence-corrected chi connectivity index (χ2v) is 5.99. The van der Waals surface area contributed by atoms with Crippen LogP contribution in [0.15, 0.2) is 46.9 Å². The van der Waals surface area contributed by atoms with Gasteiger partial charge in [0.15, 0.2) is 6.10 Å². The number of amides is 1. The zero-order chi connectivity index (χ0) is 16.8. The van der Waals surface area contributed by atoms with Crippen molar-refractivity contribution in [3.05, 3.63) is 52.5 Å². The van der Waals surface area contributed by atoms with Crippen molar-refractivity contribution in [3.63, 3.8) is 0 Å². The Kier molecular flexibility index (Phi) is 6.04. The van der Waals surface area contributed by atoms with Gasteiger partial charge in [-0.1, -0.05) is 6.07 Å². The molecule has 0 aliphatic carbocycles. The van der Waals surface area contributed by atoms with Crippen molar-refractivity contribution in [2.24, 2.45) is 0 Å². The van der Waals surface area contributed by atoms with E-state index in [2.05, 4.69) is 21.2 Å². The number of hydrogen-bond donors (Lipinski definition) is 1. The van der Waals surface area contributed by atoms with E-state index in [4.69, 9.17) is 9.47 Å². The first-order valence-electron chi connectivity index (χ1n) is 7.46. The van der Waals surface area contributed by atoms with Gasteiger partial charge in [-0.05, 0) is 78.7 Å².